The van der Waals surface area contributed by atoms with Crippen molar-refractivity contribution in [3.63, 3.8) is 0 Å². The van der Waals surface area contributed by atoms with Gasteiger partial charge in [0.1, 0.15) is 18.0 Å². The fourth-order valence-corrected chi connectivity index (χ4v) is 1.90. The molecule has 0 saturated carbocycles. The van der Waals surface area contributed by atoms with E-state index >= 15 is 0 Å². The molecule has 0 fully saturated rings. The molecule has 96 valence electrons. The molecule has 0 saturated heterocycles. The van der Waals surface area contributed by atoms with Gasteiger partial charge in [0.25, 0.3) is 0 Å². The molecule has 2 rings (SSSR count). The van der Waals surface area contributed by atoms with Gasteiger partial charge in [0.15, 0.2) is 0 Å². The minimum Gasteiger partial charge on any atom is -0.374 e. The van der Waals surface area contributed by atoms with E-state index in [0.29, 0.717) is 11.6 Å². The topological polar surface area (TPSA) is 42.7 Å². The van der Waals surface area contributed by atoms with E-state index in [4.69, 9.17) is 11.6 Å². The molecule has 0 spiro atoms. The standard InChI is InChI=1S/C12H14ClFN4/c1-8(2)18-11(16-7-17-18)6-15-12-9(13)4-3-5-10(12)14/h3-5,7-8,15H,6H2,1-2H3. The second kappa shape index (κ2) is 5.35. The molecular weight excluding hydrogens is 255 g/mol. The fraction of sp³-hybridized carbons (Fsp3) is 0.333. The van der Waals surface area contributed by atoms with Gasteiger partial charge in [0, 0.05) is 6.04 Å². The van der Waals surface area contributed by atoms with Crippen molar-refractivity contribution in [1.29, 1.82) is 0 Å². The highest BCUT2D eigenvalue weighted by Crippen LogP contribution is 2.25. The number of halogens is 2. The molecule has 6 heteroatoms. The van der Waals surface area contributed by atoms with Gasteiger partial charge in [-0.1, -0.05) is 17.7 Å². The van der Waals surface area contributed by atoms with Crippen molar-refractivity contribution >= 4 is 17.3 Å². The summed E-state index contributed by atoms with van der Waals surface area (Å²) in [6, 6.07) is 4.78. The first-order chi connectivity index (χ1) is 8.59. The molecular formula is C12H14ClFN4. The molecule has 0 bridgehead atoms. The number of hydrogen-bond acceptors (Lipinski definition) is 3. The molecule has 4 nitrogen and oxygen atoms in total. The van der Waals surface area contributed by atoms with E-state index < -0.39 is 0 Å². The van der Waals surface area contributed by atoms with Crippen molar-refractivity contribution in [2.24, 2.45) is 0 Å². The van der Waals surface area contributed by atoms with Crippen molar-refractivity contribution in [3.05, 3.63) is 41.2 Å². The van der Waals surface area contributed by atoms with Crippen molar-refractivity contribution < 1.29 is 4.39 Å². The molecule has 1 heterocycles. The van der Waals surface area contributed by atoms with Crippen LogP contribution in [0.25, 0.3) is 0 Å². The van der Waals surface area contributed by atoms with Crippen LogP contribution in [0.2, 0.25) is 5.02 Å². The number of para-hydroxylation sites is 1. The lowest BCUT2D eigenvalue weighted by molar-refractivity contribution is 0.508. The monoisotopic (exact) mass is 268 g/mol. The van der Waals surface area contributed by atoms with Crippen LogP contribution in [0.5, 0.6) is 0 Å². The van der Waals surface area contributed by atoms with Gasteiger partial charge in [-0.3, -0.25) is 0 Å². The van der Waals surface area contributed by atoms with Gasteiger partial charge in [-0.2, -0.15) is 5.10 Å². The van der Waals surface area contributed by atoms with E-state index in [1.165, 1.54) is 12.4 Å². The SMILES string of the molecule is CC(C)n1ncnc1CNc1c(F)cccc1Cl. The number of aromatic nitrogens is 3. The summed E-state index contributed by atoms with van der Waals surface area (Å²) in [6.45, 7) is 4.39. The largest absolute Gasteiger partial charge is 0.374 e. The van der Waals surface area contributed by atoms with E-state index in [0.717, 1.165) is 5.82 Å². The number of benzene rings is 1. The highest BCUT2D eigenvalue weighted by Gasteiger charge is 2.10. The maximum absolute atomic E-state index is 13.5. The van der Waals surface area contributed by atoms with Crippen LogP contribution in [0.4, 0.5) is 10.1 Å². The molecule has 2 aromatic rings. The quantitative estimate of drug-likeness (QED) is 0.925. The van der Waals surface area contributed by atoms with Gasteiger partial charge in [-0.05, 0) is 26.0 Å². The lowest BCUT2D eigenvalue weighted by Crippen LogP contribution is -2.12. The smallest absolute Gasteiger partial charge is 0.147 e. The van der Waals surface area contributed by atoms with Crippen molar-refractivity contribution in [2.75, 3.05) is 5.32 Å². The molecule has 0 aliphatic heterocycles. The van der Waals surface area contributed by atoms with Crippen LogP contribution < -0.4 is 5.32 Å². The molecule has 0 amide bonds. The summed E-state index contributed by atoms with van der Waals surface area (Å²) >= 11 is 5.93. The Morgan fingerprint density at radius 1 is 1.44 bits per heavy atom. The first kappa shape index (κ1) is 12.8. The maximum atomic E-state index is 13.5. The van der Waals surface area contributed by atoms with Crippen LogP contribution >= 0.6 is 11.6 Å². The molecule has 18 heavy (non-hydrogen) atoms. The first-order valence-electron chi connectivity index (χ1n) is 5.66. The summed E-state index contributed by atoms with van der Waals surface area (Å²) in [4.78, 5) is 4.14. The van der Waals surface area contributed by atoms with E-state index in [1.807, 2.05) is 13.8 Å². The highest BCUT2D eigenvalue weighted by atomic mass is 35.5. The number of anilines is 1. The summed E-state index contributed by atoms with van der Waals surface area (Å²) in [6.07, 6.45) is 1.49. The number of nitrogens with zero attached hydrogens (tertiary/aromatic N) is 3. The van der Waals surface area contributed by atoms with Crippen LogP contribution in [0.15, 0.2) is 24.5 Å². The Morgan fingerprint density at radius 2 is 2.22 bits per heavy atom. The van der Waals surface area contributed by atoms with Crippen molar-refractivity contribution in [1.82, 2.24) is 14.8 Å². The Morgan fingerprint density at radius 3 is 2.89 bits per heavy atom. The number of rotatable bonds is 4. The lowest BCUT2D eigenvalue weighted by atomic mass is 10.3. The zero-order valence-corrected chi connectivity index (χ0v) is 10.9. The second-order valence-corrected chi connectivity index (χ2v) is 4.57. The van der Waals surface area contributed by atoms with Gasteiger partial charge < -0.3 is 5.32 Å². The van der Waals surface area contributed by atoms with Gasteiger partial charge in [-0.25, -0.2) is 14.1 Å². The maximum Gasteiger partial charge on any atom is 0.147 e. The van der Waals surface area contributed by atoms with Crippen LogP contribution in [-0.4, -0.2) is 14.8 Å². The van der Waals surface area contributed by atoms with Crippen LogP contribution in [-0.2, 0) is 6.54 Å². The minimum atomic E-state index is -0.377. The molecule has 0 atom stereocenters. The highest BCUT2D eigenvalue weighted by molar-refractivity contribution is 6.33. The predicted molar refractivity (Wildman–Crippen MR) is 69.1 cm³/mol. The first-order valence-corrected chi connectivity index (χ1v) is 6.03. The normalized spacial score (nSPS) is 10.9. The van der Waals surface area contributed by atoms with Gasteiger partial charge in [-0.15, -0.1) is 0 Å². The molecule has 0 aliphatic rings. The van der Waals surface area contributed by atoms with E-state index in [2.05, 4.69) is 15.4 Å². The molecule has 1 N–H and O–H groups in total. The Labute approximate surface area is 110 Å². The lowest BCUT2D eigenvalue weighted by Gasteiger charge is -2.12. The van der Waals surface area contributed by atoms with Crippen molar-refractivity contribution in [3.8, 4) is 0 Å². The summed E-state index contributed by atoms with van der Waals surface area (Å²) in [5.74, 6) is 0.363. The Hall–Kier alpha value is -1.62. The predicted octanol–water partition coefficient (Wildman–Crippen LogP) is 3.26. The summed E-state index contributed by atoms with van der Waals surface area (Å²) in [5.41, 5.74) is 0.289. The van der Waals surface area contributed by atoms with E-state index in [1.54, 1.807) is 16.8 Å². The van der Waals surface area contributed by atoms with Gasteiger partial charge in [0.2, 0.25) is 0 Å². The van der Waals surface area contributed by atoms with Crippen molar-refractivity contribution in [2.45, 2.75) is 26.4 Å². The molecule has 0 radical (unpaired) electrons. The Kier molecular flexibility index (Phi) is 3.81. The Bertz CT molecular complexity index is 518. The number of hydrogen-bond donors (Lipinski definition) is 1. The van der Waals surface area contributed by atoms with Crippen LogP contribution in [0.1, 0.15) is 25.7 Å². The van der Waals surface area contributed by atoms with Crippen LogP contribution in [0, 0.1) is 5.82 Å². The van der Waals surface area contributed by atoms with Gasteiger partial charge in [0.05, 0.1) is 17.3 Å². The van der Waals surface area contributed by atoms with E-state index in [-0.39, 0.29) is 17.5 Å². The summed E-state index contributed by atoms with van der Waals surface area (Å²) in [5, 5.41) is 7.41. The zero-order chi connectivity index (χ0) is 13.1. The summed E-state index contributed by atoms with van der Waals surface area (Å²) < 4.78 is 15.3. The molecule has 1 aromatic heterocycles. The minimum absolute atomic E-state index is 0.209. The molecule has 1 aromatic carbocycles. The third kappa shape index (κ3) is 2.61. The van der Waals surface area contributed by atoms with E-state index in [9.17, 15) is 4.39 Å². The third-order valence-electron chi connectivity index (χ3n) is 2.52. The Balaban J connectivity index is 2.14. The molecule has 0 unspecified atom stereocenters. The summed E-state index contributed by atoms with van der Waals surface area (Å²) in [7, 11) is 0. The van der Waals surface area contributed by atoms with Gasteiger partial charge >= 0.3 is 0 Å². The third-order valence-corrected chi connectivity index (χ3v) is 2.84. The number of nitrogens with one attached hydrogen (secondary N) is 1. The average Bonchev–Trinajstić information content (AvgIpc) is 2.76. The van der Waals surface area contributed by atoms with Crippen LogP contribution in [0.3, 0.4) is 0 Å². The second-order valence-electron chi connectivity index (χ2n) is 4.16. The average molecular weight is 269 g/mol. The fourth-order valence-electron chi connectivity index (χ4n) is 1.67. The zero-order valence-electron chi connectivity index (χ0n) is 10.2. The molecule has 0 aliphatic carbocycles.